The fourth-order valence-electron chi connectivity index (χ4n) is 2.51. The molecular weight excluding hydrogens is 306 g/mol. The molecular formula is C16H20F2N2O3. The van der Waals surface area contributed by atoms with Crippen LogP contribution in [0.5, 0.6) is 0 Å². The minimum absolute atomic E-state index is 0.118. The van der Waals surface area contributed by atoms with Crippen molar-refractivity contribution in [1.82, 2.24) is 10.6 Å². The van der Waals surface area contributed by atoms with Crippen molar-refractivity contribution in [3.63, 3.8) is 0 Å². The van der Waals surface area contributed by atoms with Gasteiger partial charge in [0, 0.05) is 19.4 Å². The van der Waals surface area contributed by atoms with E-state index in [2.05, 4.69) is 15.4 Å². The number of nitrogens with one attached hydrogen (secondary N) is 2. The van der Waals surface area contributed by atoms with E-state index < -0.39 is 30.3 Å². The van der Waals surface area contributed by atoms with Crippen molar-refractivity contribution in [3.8, 4) is 0 Å². The Labute approximate surface area is 133 Å². The number of carbonyl (C=O) groups is 2. The van der Waals surface area contributed by atoms with Gasteiger partial charge in [0.25, 0.3) is 5.92 Å². The predicted molar refractivity (Wildman–Crippen MR) is 80.3 cm³/mol. The average molecular weight is 326 g/mol. The maximum atomic E-state index is 13.4. The van der Waals surface area contributed by atoms with Gasteiger partial charge in [0.15, 0.2) is 0 Å². The van der Waals surface area contributed by atoms with Gasteiger partial charge >= 0.3 is 5.97 Å². The van der Waals surface area contributed by atoms with Crippen molar-refractivity contribution < 1.29 is 23.1 Å². The minimum atomic E-state index is -2.81. The number of ether oxygens (including phenoxy) is 1. The molecule has 7 heteroatoms. The van der Waals surface area contributed by atoms with Gasteiger partial charge in [-0.25, -0.2) is 13.6 Å². The number of amides is 1. The molecule has 2 N–H and O–H groups in total. The van der Waals surface area contributed by atoms with Crippen LogP contribution in [0, 0.1) is 0 Å². The number of piperidine rings is 1. The average Bonchev–Trinajstić information content (AvgIpc) is 2.53. The summed E-state index contributed by atoms with van der Waals surface area (Å²) in [6.45, 7) is 1.87. The molecule has 5 nitrogen and oxygen atoms in total. The molecule has 0 bridgehead atoms. The summed E-state index contributed by atoms with van der Waals surface area (Å²) in [6.07, 6.45) is -0.742. The first-order valence-corrected chi connectivity index (χ1v) is 7.42. The van der Waals surface area contributed by atoms with Crippen LogP contribution in [0.2, 0.25) is 0 Å². The second kappa shape index (κ2) is 7.04. The van der Waals surface area contributed by atoms with E-state index in [0.29, 0.717) is 5.56 Å². The first-order valence-electron chi connectivity index (χ1n) is 7.42. The highest BCUT2D eigenvalue weighted by Gasteiger charge is 2.39. The van der Waals surface area contributed by atoms with Crippen LogP contribution < -0.4 is 10.6 Å². The standard InChI is InChI=1S/C16H20F2N2O3/c1-10(11-3-5-12(6-4-11)15(22)23-2)20-14(21)13-9-16(17,18)7-8-19-13/h3-6,10,13,19H,7-9H2,1-2H3,(H,20,21). The van der Waals surface area contributed by atoms with Gasteiger partial charge in [-0.1, -0.05) is 12.1 Å². The molecule has 1 heterocycles. The van der Waals surface area contributed by atoms with Gasteiger partial charge < -0.3 is 15.4 Å². The quantitative estimate of drug-likeness (QED) is 0.831. The molecule has 1 aliphatic heterocycles. The van der Waals surface area contributed by atoms with Crippen molar-refractivity contribution >= 4 is 11.9 Å². The molecule has 2 unspecified atom stereocenters. The topological polar surface area (TPSA) is 67.4 Å². The Hall–Kier alpha value is -2.02. The van der Waals surface area contributed by atoms with Crippen molar-refractivity contribution in [1.29, 1.82) is 0 Å². The molecule has 1 amide bonds. The van der Waals surface area contributed by atoms with Gasteiger partial charge in [-0.05, 0) is 24.6 Å². The zero-order valence-corrected chi connectivity index (χ0v) is 13.1. The molecule has 1 saturated heterocycles. The Morgan fingerprint density at radius 2 is 2.00 bits per heavy atom. The molecule has 1 fully saturated rings. The molecule has 0 radical (unpaired) electrons. The molecule has 1 aliphatic rings. The van der Waals surface area contributed by atoms with E-state index in [-0.39, 0.29) is 19.0 Å². The van der Waals surface area contributed by atoms with Gasteiger partial charge in [-0.15, -0.1) is 0 Å². The van der Waals surface area contributed by atoms with Gasteiger partial charge in [0.2, 0.25) is 5.91 Å². The van der Waals surface area contributed by atoms with Crippen LogP contribution in [0.3, 0.4) is 0 Å². The van der Waals surface area contributed by atoms with Crippen LogP contribution in [0.4, 0.5) is 8.78 Å². The summed E-state index contributed by atoms with van der Waals surface area (Å²) in [5.41, 5.74) is 1.18. The molecule has 126 valence electrons. The van der Waals surface area contributed by atoms with E-state index in [9.17, 15) is 18.4 Å². The molecule has 1 aromatic rings. The van der Waals surface area contributed by atoms with Crippen LogP contribution in [0.1, 0.15) is 41.7 Å². The Balaban J connectivity index is 1.97. The van der Waals surface area contributed by atoms with Crippen molar-refractivity contribution in [2.75, 3.05) is 13.7 Å². The fraction of sp³-hybridized carbons (Fsp3) is 0.500. The second-order valence-corrected chi connectivity index (χ2v) is 5.66. The van der Waals surface area contributed by atoms with E-state index in [1.165, 1.54) is 7.11 Å². The Kier molecular flexibility index (Phi) is 5.30. The van der Waals surface area contributed by atoms with E-state index >= 15 is 0 Å². The number of alkyl halides is 2. The van der Waals surface area contributed by atoms with Crippen LogP contribution >= 0.6 is 0 Å². The molecule has 2 atom stereocenters. The van der Waals surface area contributed by atoms with E-state index in [4.69, 9.17) is 0 Å². The number of benzene rings is 1. The third-order valence-electron chi connectivity index (χ3n) is 3.89. The highest BCUT2D eigenvalue weighted by molar-refractivity contribution is 5.89. The first kappa shape index (κ1) is 17.3. The SMILES string of the molecule is COC(=O)c1ccc(C(C)NC(=O)C2CC(F)(F)CCN2)cc1. The molecule has 0 aliphatic carbocycles. The number of hydrogen-bond acceptors (Lipinski definition) is 4. The van der Waals surface area contributed by atoms with Gasteiger partial charge in [-0.2, -0.15) is 0 Å². The van der Waals surface area contributed by atoms with Gasteiger partial charge in [0.1, 0.15) is 0 Å². The third-order valence-corrected chi connectivity index (χ3v) is 3.89. The van der Waals surface area contributed by atoms with Crippen LogP contribution in [-0.2, 0) is 9.53 Å². The second-order valence-electron chi connectivity index (χ2n) is 5.66. The van der Waals surface area contributed by atoms with Crippen molar-refractivity contribution in [2.45, 2.75) is 37.8 Å². The number of halogens is 2. The lowest BCUT2D eigenvalue weighted by Gasteiger charge is -2.30. The Bertz CT molecular complexity index is 575. The summed E-state index contributed by atoms with van der Waals surface area (Å²) in [5, 5.41) is 5.53. The Morgan fingerprint density at radius 1 is 1.35 bits per heavy atom. The van der Waals surface area contributed by atoms with E-state index in [1.807, 2.05) is 0 Å². The molecule has 0 aromatic heterocycles. The van der Waals surface area contributed by atoms with Crippen LogP contribution in [-0.4, -0.2) is 37.5 Å². The van der Waals surface area contributed by atoms with Gasteiger partial charge in [-0.3, -0.25) is 4.79 Å². The number of carbonyl (C=O) groups excluding carboxylic acids is 2. The zero-order chi connectivity index (χ0) is 17.0. The first-order chi connectivity index (χ1) is 10.8. The summed E-state index contributed by atoms with van der Waals surface area (Å²) in [5.74, 6) is -3.70. The number of rotatable bonds is 4. The lowest BCUT2D eigenvalue weighted by molar-refractivity contribution is -0.129. The Morgan fingerprint density at radius 3 is 2.57 bits per heavy atom. The number of hydrogen-bond donors (Lipinski definition) is 2. The predicted octanol–water partition coefficient (Wildman–Crippen LogP) is 2.04. The fourth-order valence-corrected chi connectivity index (χ4v) is 2.51. The largest absolute Gasteiger partial charge is 0.465 e. The zero-order valence-electron chi connectivity index (χ0n) is 13.1. The minimum Gasteiger partial charge on any atom is -0.465 e. The lowest BCUT2D eigenvalue weighted by Crippen LogP contribution is -2.52. The smallest absolute Gasteiger partial charge is 0.337 e. The van der Waals surface area contributed by atoms with E-state index in [1.54, 1.807) is 31.2 Å². The molecule has 0 spiro atoms. The molecule has 2 rings (SSSR count). The maximum Gasteiger partial charge on any atom is 0.337 e. The lowest BCUT2D eigenvalue weighted by atomic mass is 9.99. The van der Waals surface area contributed by atoms with E-state index in [0.717, 1.165) is 5.56 Å². The number of esters is 1. The molecule has 1 aromatic carbocycles. The summed E-state index contributed by atoms with van der Waals surface area (Å²) < 4.78 is 31.3. The van der Waals surface area contributed by atoms with Crippen LogP contribution in [0.15, 0.2) is 24.3 Å². The number of methoxy groups -OCH3 is 1. The highest BCUT2D eigenvalue weighted by atomic mass is 19.3. The summed E-state index contributed by atoms with van der Waals surface area (Å²) in [7, 11) is 1.30. The molecule has 23 heavy (non-hydrogen) atoms. The summed E-state index contributed by atoms with van der Waals surface area (Å²) in [6, 6.07) is 5.33. The summed E-state index contributed by atoms with van der Waals surface area (Å²) in [4.78, 5) is 23.5. The summed E-state index contributed by atoms with van der Waals surface area (Å²) >= 11 is 0. The third kappa shape index (κ3) is 4.48. The normalized spacial score (nSPS) is 21.3. The van der Waals surface area contributed by atoms with Crippen molar-refractivity contribution in [2.24, 2.45) is 0 Å². The molecule has 0 saturated carbocycles. The highest BCUT2D eigenvalue weighted by Crippen LogP contribution is 2.27. The van der Waals surface area contributed by atoms with Gasteiger partial charge in [0.05, 0.1) is 24.8 Å². The van der Waals surface area contributed by atoms with Crippen LogP contribution in [0.25, 0.3) is 0 Å². The monoisotopic (exact) mass is 326 g/mol. The maximum absolute atomic E-state index is 13.4. The van der Waals surface area contributed by atoms with Crippen molar-refractivity contribution in [3.05, 3.63) is 35.4 Å².